The fourth-order valence-electron chi connectivity index (χ4n) is 2.80. The molecule has 8 nitrogen and oxygen atoms in total. The fraction of sp³-hybridized carbons (Fsp3) is 0.273. The lowest BCUT2D eigenvalue weighted by molar-refractivity contribution is -0.138. The molecular formula is C22H24N2O6. The molecular weight excluding hydrogens is 388 g/mol. The van der Waals surface area contributed by atoms with Crippen LogP contribution in [-0.4, -0.2) is 43.3 Å². The van der Waals surface area contributed by atoms with E-state index in [2.05, 4.69) is 5.32 Å². The second kappa shape index (κ2) is 11.5. The molecule has 0 saturated heterocycles. The number of Topliss-reactive ketones (excluding diaryl/α,β-unsaturated/α-hetero) is 2. The number of ketones is 2. The molecule has 0 radical (unpaired) electrons. The summed E-state index contributed by atoms with van der Waals surface area (Å²) in [6, 6.07) is 14.5. The van der Waals surface area contributed by atoms with E-state index in [0.717, 1.165) is 5.56 Å². The molecule has 158 valence electrons. The van der Waals surface area contributed by atoms with Crippen LogP contribution in [0.5, 0.6) is 5.75 Å². The predicted octanol–water partition coefficient (Wildman–Crippen LogP) is 1.41. The van der Waals surface area contributed by atoms with Crippen LogP contribution in [0.4, 0.5) is 0 Å². The first-order valence-corrected chi connectivity index (χ1v) is 9.33. The topological polar surface area (TPSA) is 125 Å². The molecule has 30 heavy (non-hydrogen) atoms. The van der Waals surface area contributed by atoms with Crippen molar-refractivity contribution in [1.29, 1.82) is 0 Å². The molecule has 2 aromatic carbocycles. The Morgan fingerprint density at radius 1 is 0.967 bits per heavy atom. The van der Waals surface area contributed by atoms with Crippen molar-refractivity contribution >= 4 is 23.4 Å². The highest BCUT2D eigenvalue weighted by atomic mass is 16.7. The molecule has 0 bridgehead atoms. The van der Waals surface area contributed by atoms with E-state index in [1.54, 1.807) is 48.5 Å². The predicted molar refractivity (Wildman–Crippen MR) is 109 cm³/mol. The van der Waals surface area contributed by atoms with E-state index in [-0.39, 0.29) is 31.8 Å². The molecule has 0 aliphatic rings. The molecule has 0 saturated carbocycles. The highest BCUT2D eigenvalue weighted by molar-refractivity contribution is 6.37. The van der Waals surface area contributed by atoms with Crippen molar-refractivity contribution in [1.82, 2.24) is 5.32 Å². The number of carbonyl (C=O) groups is 4. The van der Waals surface area contributed by atoms with E-state index in [1.165, 1.54) is 7.11 Å². The van der Waals surface area contributed by atoms with Crippen LogP contribution in [-0.2, 0) is 25.5 Å². The van der Waals surface area contributed by atoms with Crippen molar-refractivity contribution in [3.63, 3.8) is 0 Å². The summed E-state index contributed by atoms with van der Waals surface area (Å²) in [6.45, 7) is -0.0127. The summed E-state index contributed by atoms with van der Waals surface area (Å²) in [5, 5.41) is 2.51. The van der Waals surface area contributed by atoms with E-state index in [4.69, 9.17) is 15.2 Å². The molecule has 0 fully saturated rings. The van der Waals surface area contributed by atoms with Gasteiger partial charge in [-0.05, 0) is 17.7 Å². The number of ether oxygens (including phenoxy) is 2. The second-order valence-corrected chi connectivity index (χ2v) is 6.51. The zero-order chi connectivity index (χ0) is 21.9. The van der Waals surface area contributed by atoms with Crippen molar-refractivity contribution in [3.05, 3.63) is 65.7 Å². The smallest absolute Gasteiger partial charge is 0.287 e. The van der Waals surface area contributed by atoms with Gasteiger partial charge in [-0.1, -0.05) is 42.5 Å². The van der Waals surface area contributed by atoms with E-state index in [0.29, 0.717) is 11.3 Å². The minimum Gasteiger partial charge on any atom is -0.467 e. The Hall–Kier alpha value is -3.52. The zero-order valence-electron chi connectivity index (χ0n) is 16.6. The number of amides is 2. The average molecular weight is 412 g/mol. The number of methoxy groups -OCH3 is 1. The summed E-state index contributed by atoms with van der Waals surface area (Å²) in [6.07, 6.45) is -0.132. The summed E-state index contributed by atoms with van der Waals surface area (Å²) in [4.78, 5) is 48.3. The molecule has 2 rings (SSSR count). The van der Waals surface area contributed by atoms with Gasteiger partial charge >= 0.3 is 0 Å². The lowest BCUT2D eigenvalue weighted by Crippen LogP contribution is -2.47. The van der Waals surface area contributed by atoms with Crippen LogP contribution in [0.3, 0.4) is 0 Å². The van der Waals surface area contributed by atoms with Gasteiger partial charge in [0.05, 0.1) is 5.56 Å². The minimum atomic E-state index is -1.13. The van der Waals surface area contributed by atoms with E-state index in [1.807, 2.05) is 6.07 Å². The second-order valence-electron chi connectivity index (χ2n) is 6.51. The van der Waals surface area contributed by atoms with E-state index < -0.39 is 23.6 Å². The molecule has 0 heterocycles. The maximum atomic E-state index is 12.5. The van der Waals surface area contributed by atoms with Gasteiger partial charge in [0, 0.05) is 26.4 Å². The van der Waals surface area contributed by atoms with E-state index >= 15 is 0 Å². The summed E-state index contributed by atoms with van der Waals surface area (Å²) in [5.74, 6) is -2.49. The first kappa shape index (κ1) is 22.8. The molecule has 2 aromatic rings. The van der Waals surface area contributed by atoms with Gasteiger partial charge in [0.25, 0.3) is 5.91 Å². The Labute approximate surface area is 174 Å². The summed E-state index contributed by atoms with van der Waals surface area (Å²) < 4.78 is 10.2. The molecule has 3 N–H and O–H groups in total. The summed E-state index contributed by atoms with van der Waals surface area (Å²) in [5.41, 5.74) is 6.19. The maximum absolute atomic E-state index is 12.5. The first-order valence-electron chi connectivity index (χ1n) is 9.33. The Kier molecular flexibility index (Phi) is 8.71. The minimum absolute atomic E-state index is 0.0127. The average Bonchev–Trinajstić information content (AvgIpc) is 2.75. The molecule has 0 aliphatic heterocycles. The Morgan fingerprint density at radius 2 is 1.63 bits per heavy atom. The van der Waals surface area contributed by atoms with Gasteiger partial charge in [-0.15, -0.1) is 0 Å². The molecule has 0 unspecified atom stereocenters. The number of hydrogen-bond acceptors (Lipinski definition) is 6. The third kappa shape index (κ3) is 6.82. The number of rotatable bonds is 12. The summed E-state index contributed by atoms with van der Waals surface area (Å²) >= 11 is 0. The Bertz CT molecular complexity index is 898. The highest BCUT2D eigenvalue weighted by Gasteiger charge is 2.25. The number of hydrogen-bond donors (Lipinski definition) is 2. The normalized spacial score (nSPS) is 11.4. The van der Waals surface area contributed by atoms with Crippen LogP contribution in [0.25, 0.3) is 0 Å². The highest BCUT2D eigenvalue weighted by Crippen LogP contribution is 2.20. The summed E-state index contributed by atoms with van der Waals surface area (Å²) in [7, 11) is 1.47. The Morgan fingerprint density at radius 3 is 2.30 bits per heavy atom. The molecule has 0 spiro atoms. The third-order valence-corrected chi connectivity index (χ3v) is 4.28. The Balaban J connectivity index is 1.99. The van der Waals surface area contributed by atoms with Gasteiger partial charge in [-0.25, -0.2) is 0 Å². The lowest BCUT2D eigenvalue weighted by Gasteiger charge is -2.16. The van der Waals surface area contributed by atoms with Crippen LogP contribution in [0.2, 0.25) is 0 Å². The van der Waals surface area contributed by atoms with Gasteiger partial charge in [-0.2, -0.15) is 0 Å². The number of benzene rings is 2. The van der Waals surface area contributed by atoms with Gasteiger partial charge in [0.2, 0.25) is 11.7 Å². The molecule has 0 aliphatic carbocycles. The first-order chi connectivity index (χ1) is 14.4. The lowest BCUT2D eigenvalue weighted by atomic mass is 10.0. The number of carbonyl (C=O) groups excluding carboxylic acids is 4. The van der Waals surface area contributed by atoms with Crippen LogP contribution in [0.15, 0.2) is 54.6 Å². The number of para-hydroxylation sites is 1. The van der Waals surface area contributed by atoms with Gasteiger partial charge in [0.1, 0.15) is 11.8 Å². The van der Waals surface area contributed by atoms with Crippen LogP contribution >= 0.6 is 0 Å². The number of nitrogens with two attached hydrogens (primary N) is 1. The molecule has 2 amide bonds. The fourth-order valence-corrected chi connectivity index (χ4v) is 2.80. The van der Waals surface area contributed by atoms with Crippen LogP contribution in [0.1, 0.15) is 28.8 Å². The van der Waals surface area contributed by atoms with Crippen LogP contribution in [0, 0.1) is 0 Å². The molecule has 8 heteroatoms. The number of nitrogens with one attached hydrogen (secondary N) is 1. The number of primary amides is 1. The molecule has 1 atom stereocenters. The van der Waals surface area contributed by atoms with Gasteiger partial charge in [-0.3, -0.25) is 19.2 Å². The van der Waals surface area contributed by atoms with Crippen molar-refractivity contribution in [2.24, 2.45) is 5.73 Å². The zero-order valence-corrected chi connectivity index (χ0v) is 16.6. The van der Waals surface area contributed by atoms with E-state index in [9.17, 15) is 19.2 Å². The van der Waals surface area contributed by atoms with Crippen molar-refractivity contribution in [3.8, 4) is 5.75 Å². The largest absolute Gasteiger partial charge is 0.467 e. The van der Waals surface area contributed by atoms with Crippen molar-refractivity contribution in [2.75, 3.05) is 13.9 Å². The van der Waals surface area contributed by atoms with Crippen molar-refractivity contribution < 1.29 is 28.7 Å². The SMILES string of the molecule is COCOc1ccccc1C(=O)CCC(=O)N[C@@H](Cc1ccccc1)C(=O)C(N)=O. The monoisotopic (exact) mass is 412 g/mol. The quantitative estimate of drug-likeness (QED) is 0.309. The standard InChI is InChI=1S/C22H24N2O6/c1-29-14-30-19-10-6-5-9-16(19)18(25)11-12-20(26)24-17(21(27)22(23)28)13-15-7-3-2-4-8-15/h2-10,17H,11-14H2,1H3,(H2,23,28)(H,24,26)/t17-/m0/s1. The van der Waals surface area contributed by atoms with Crippen LogP contribution < -0.4 is 15.8 Å². The molecule has 0 aromatic heterocycles. The van der Waals surface area contributed by atoms with Gasteiger partial charge in [0.15, 0.2) is 12.6 Å². The van der Waals surface area contributed by atoms with Crippen molar-refractivity contribution in [2.45, 2.75) is 25.3 Å². The maximum Gasteiger partial charge on any atom is 0.287 e. The van der Waals surface area contributed by atoms with Gasteiger partial charge < -0.3 is 20.5 Å². The third-order valence-electron chi connectivity index (χ3n) is 4.28.